The number of quaternary nitrogens is 1. The summed E-state index contributed by atoms with van der Waals surface area (Å²) in [7, 11) is -2.17. The smallest absolute Gasteiger partial charge is 0.240 e. The van der Waals surface area contributed by atoms with Gasteiger partial charge in [-0.25, -0.2) is 13.1 Å². The number of nitrogens with one attached hydrogen (secondary N) is 3. The minimum Gasteiger partial charge on any atom is -0.495 e. The maximum absolute atomic E-state index is 12.4. The van der Waals surface area contributed by atoms with Gasteiger partial charge in [0.25, 0.3) is 0 Å². The molecule has 0 aliphatic heterocycles. The average Bonchev–Trinajstić information content (AvgIpc) is 2.51. The number of amides is 1. The zero-order chi connectivity index (χ0) is 17.5. The number of likely N-dealkylation sites (N-methyl/N-ethyl adjacent to an activating group) is 1. The number of carbonyl (C=O) groups excluding carboxylic acids is 1. The van der Waals surface area contributed by atoms with Gasteiger partial charge in [0.05, 0.1) is 43.9 Å². The molecule has 0 atom stereocenters. The number of rotatable bonds is 9. The SMILES string of the molecule is CC[NH+](CC)CCNS(=O)(=O)c1ccc(OC)c(NC(C)=O)c1. The van der Waals surface area contributed by atoms with Crippen LogP contribution in [0.2, 0.25) is 0 Å². The normalized spacial score (nSPS) is 11.5. The number of hydrogen-bond donors (Lipinski definition) is 3. The molecule has 0 fully saturated rings. The molecule has 0 unspecified atom stereocenters. The van der Waals surface area contributed by atoms with Crippen LogP contribution in [0.1, 0.15) is 20.8 Å². The highest BCUT2D eigenvalue weighted by Gasteiger charge is 2.17. The Kier molecular flexibility index (Phi) is 7.47. The molecule has 0 radical (unpaired) electrons. The van der Waals surface area contributed by atoms with Gasteiger partial charge in [-0.3, -0.25) is 4.79 Å². The predicted molar refractivity (Wildman–Crippen MR) is 89.4 cm³/mol. The summed E-state index contributed by atoms with van der Waals surface area (Å²) in [4.78, 5) is 12.6. The molecule has 1 rings (SSSR count). The molecule has 23 heavy (non-hydrogen) atoms. The van der Waals surface area contributed by atoms with Gasteiger partial charge >= 0.3 is 0 Å². The van der Waals surface area contributed by atoms with E-state index in [-0.39, 0.29) is 10.8 Å². The second-order valence-corrected chi connectivity index (χ2v) is 6.92. The largest absolute Gasteiger partial charge is 0.495 e. The molecule has 1 aromatic carbocycles. The second-order valence-electron chi connectivity index (χ2n) is 5.15. The van der Waals surface area contributed by atoms with Crippen LogP contribution >= 0.6 is 0 Å². The number of ether oxygens (including phenoxy) is 1. The molecule has 0 saturated carbocycles. The number of hydrogen-bond acceptors (Lipinski definition) is 4. The van der Waals surface area contributed by atoms with Crippen molar-refractivity contribution in [3.8, 4) is 5.75 Å². The van der Waals surface area contributed by atoms with Crippen molar-refractivity contribution in [2.24, 2.45) is 0 Å². The third-order valence-electron chi connectivity index (χ3n) is 3.56. The molecule has 0 heterocycles. The Bertz CT molecular complexity index is 628. The molecule has 130 valence electrons. The van der Waals surface area contributed by atoms with E-state index in [1.807, 2.05) is 0 Å². The van der Waals surface area contributed by atoms with Crippen molar-refractivity contribution in [3.63, 3.8) is 0 Å². The Hall–Kier alpha value is -1.64. The zero-order valence-electron chi connectivity index (χ0n) is 14.1. The summed E-state index contributed by atoms with van der Waals surface area (Å²) in [6, 6.07) is 4.37. The van der Waals surface area contributed by atoms with Gasteiger partial charge in [-0.05, 0) is 32.0 Å². The molecule has 0 aliphatic rings. The fourth-order valence-corrected chi connectivity index (χ4v) is 3.25. The van der Waals surface area contributed by atoms with E-state index in [1.54, 1.807) is 0 Å². The number of sulfonamides is 1. The van der Waals surface area contributed by atoms with Crippen LogP contribution in [0.5, 0.6) is 5.75 Å². The van der Waals surface area contributed by atoms with Crippen molar-refractivity contribution in [2.75, 3.05) is 38.6 Å². The average molecular weight is 344 g/mol. The lowest BCUT2D eigenvalue weighted by atomic mass is 10.3. The molecule has 0 aliphatic carbocycles. The highest BCUT2D eigenvalue weighted by molar-refractivity contribution is 7.89. The molecule has 0 bridgehead atoms. The summed E-state index contributed by atoms with van der Waals surface area (Å²) in [6.45, 7) is 8.47. The lowest BCUT2D eigenvalue weighted by Gasteiger charge is -2.16. The van der Waals surface area contributed by atoms with Crippen LogP contribution in [0, 0.1) is 0 Å². The van der Waals surface area contributed by atoms with Crippen LogP contribution in [0.25, 0.3) is 0 Å². The summed E-state index contributed by atoms with van der Waals surface area (Å²) in [5.74, 6) is 0.114. The molecule has 0 saturated heterocycles. The number of carbonyl (C=O) groups is 1. The molecule has 1 amide bonds. The Morgan fingerprint density at radius 1 is 1.26 bits per heavy atom. The van der Waals surface area contributed by atoms with Crippen LogP contribution in [0.4, 0.5) is 5.69 Å². The second kappa shape index (κ2) is 8.85. The van der Waals surface area contributed by atoms with E-state index in [1.165, 1.54) is 37.1 Å². The van der Waals surface area contributed by atoms with E-state index in [0.717, 1.165) is 19.6 Å². The van der Waals surface area contributed by atoms with Crippen molar-refractivity contribution in [1.82, 2.24) is 4.72 Å². The Morgan fingerprint density at radius 2 is 1.91 bits per heavy atom. The third kappa shape index (κ3) is 5.81. The molecule has 0 aromatic heterocycles. The number of methoxy groups -OCH3 is 1. The minimum absolute atomic E-state index is 0.0941. The summed E-state index contributed by atoms with van der Waals surface area (Å²) < 4.78 is 32.4. The van der Waals surface area contributed by atoms with Crippen molar-refractivity contribution >= 4 is 21.6 Å². The topological polar surface area (TPSA) is 88.9 Å². The molecular formula is C15H26N3O4S+. The zero-order valence-corrected chi connectivity index (χ0v) is 14.9. The van der Waals surface area contributed by atoms with E-state index in [9.17, 15) is 13.2 Å². The van der Waals surface area contributed by atoms with Gasteiger partial charge in [0, 0.05) is 6.92 Å². The van der Waals surface area contributed by atoms with Crippen molar-refractivity contribution in [2.45, 2.75) is 25.7 Å². The van der Waals surface area contributed by atoms with E-state index < -0.39 is 10.0 Å². The third-order valence-corrected chi connectivity index (χ3v) is 5.02. The Labute approximate surface area is 138 Å². The summed E-state index contributed by atoms with van der Waals surface area (Å²) in [6.07, 6.45) is 0. The number of benzene rings is 1. The summed E-state index contributed by atoms with van der Waals surface area (Å²) in [5, 5.41) is 2.57. The van der Waals surface area contributed by atoms with Crippen LogP contribution in [-0.4, -0.2) is 47.6 Å². The highest BCUT2D eigenvalue weighted by atomic mass is 32.2. The molecule has 8 heteroatoms. The standard InChI is InChI=1S/C15H25N3O4S/c1-5-18(6-2)10-9-16-23(20,21)13-7-8-15(22-4)14(11-13)17-12(3)19/h7-8,11,16H,5-6,9-10H2,1-4H3,(H,17,19)/p+1. The lowest BCUT2D eigenvalue weighted by Crippen LogP contribution is -3.12. The first-order chi connectivity index (χ1) is 10.8. The van der Waals surface area contributed by atoms with E-state index in [0.29, 0.717) is 18.0 Å². The number of anilines is 1. The first kappa shape index (κ1) is 19.4. The Morgan fingerprint density at radius 3 is 2.43 bits per heavy atom. The van der Waals surface area contributed by atoms with E-state index in [2.05, 4.69) is 23.9 Å². The van der Waals surface area contributed by atoms with E-state index in [4.69, 9.17) is 4.74 Å². The molecular weight excluding hydrogens is 318 g/mol. The van der Waals surface area contributed by atoms with Gasteiger partial charge in [-0.1, -0.05) is 0 Å². The maximum atomic E-state index is 12.4. The van der Waals surface area contributed by atoms with Crippen molar-refractivity contribution in [3.05, 3.63) is 18.2 Å². The van der Waals surface area contributed by atoms with Crippen molar-refractivity contribution in [1.29, 1.82) is 0 Å². The predicted octanol–water partition coefficient (Wildman–Crippen LogP) is -0.143. The van der Waals surface area contributed by atoms with Gasteiger partial charge in [0.2, 0.25) is 15.9 Å². The molecule has 3 N–H and O–H groups in total. The maximum Gasteiger partial charge on any atom is 0.240 e. The minimum atomic E-state index is -3.63. The first-order valence-corrected chi connectivity index (χ1v) is 9.11. The van der Waals surface area contributed by atoms with Crippen LogP contribution in [0.15, 0.2) is 23.1 Å². The monoisotopic (exact) mass is 344 g/mol. The van der Waals surface area contributed by atoms with Gasteiger partial charge in [-0.2, -0.15) is 0 Å². The van der Waals surface area contributed by atoms with Gasteiger partial charge < -0.3 is 15.0 Å². The fourth-order valence-electron chi connectivity index (χ4n) is 2.19. The first-order valence-electron chi connectivity index (χ1n) is 7.62. The summed E-state index contributed by atoms with van der Waals surface area (Å²) >= 11 is 0. The van der Waals surface area contributed by atoms with E-state index >= 15 is 0 Å². The highest BCUT2D eigenvalue weighted by Crippen LogP contribution is 2.27. The molecule has 7 nitrogen and oxygen atoms in total. The van der Waals surface area contributed by atoms with Crippen LogP contribution in [0.3, 0.4) is 0 Å². The molecule has 0 spiro atoms. The van der Waals surface area contributed by atoms with Crippen LogP contribution in [-0.2, 0) is 14.8 Å². The fraction of sp³-hybridized carbons (Fsp3) is 0.533. The van der Waals surface area contributed by atoms with Crippen molar-refractivity contribution < 1.29 is 22.8 Å². The summed E-state index contributed by atoms with van der Waals surface area (Å²) in [5.41, 5.74) is 0.331. The lowest BCUT2D eigenvalue weighted by molar-refractivity contribution is -0.895. The molecule has 1 aromatic rings. The quantitative estimate of drug-likeness (QED) is 0.582. The van der Waals surface area contributed by atoms with Gasteiger partial charge in [0.15, 0.2) is 0 Å². The Balaban J connectivity index is 2.89. The van der Waals surface area contributed by atoms with Crippen LogP contribution < -0.4 is 19.7 Å². The van der Waals surface area contributed by atoms with Gasteiger partial charge in [0.1, 0.15) is 5.75 Å². The van der Waals surface area contributed by atoms with Gasteiger partial charge in [-0.15, -0.1) is 0 Å².